The first kappa shape index (κ1) is 22.9. The van der Waals surface area contributed by atoms with Crippen molar-refractivity contribution in [2.45, 2.75) is 57.7 Å². The number of aliphatic hydroxyl groups excluding tert-OH is 1. The topological polar surface area (TPSA) is 47.9 Å². The largest absolute Gasteiger partial charge is 0.397 e. The van der Waals surface area contributed by atoms with E-state index in [4.69, 9.17) is 13.9 Å². The third-order valence-electron chi connectivity index (χ3n) is 5.58. The molecule has 0 amide bonds. The molecule has 0 aromatic heterocycles. The summed E-state index contributed by atoms with van der Waals surface area (Å²) in [7, 11) is -2.84. The molecule has 30 heavy (non-hydrogen) atoms. The molecule has 1 fully saturated rings. The highest BCUT2D eigenvalue weighted by Crippen LogP contribution is 2.39. The number of rotatable bonds is 8. The highest BCUT2D eigenvalue weighted by Gasteiger charge is 2.53. The van der Waals surface area contributed by atoms with E-state index in [1.54, 1.807) is 0 Å². The zero-order chi connectivity index (χ0) is 21.8. The lowest BCUT2D eigenvalue weighted by molar-refractivity contribution is -0.147. The summed E-state index contributed by atoms with van der Waals surface area (Å²) in [5.74, 6) is 0. The van der Waals surface area contributed by atoms with E-state index < -0.39 is 26.8 Å². The second kappa shape index (κ2) is 9.58. The lowest BCUT2D eigenvalue weighted by Crippen LogP contribution is -2.69. The lowest BCUT2D eigenvalue weighted by Gasteiger charge is -2.46. The first-order valence-corrected chi connectivity index (χ1v) is 12.5. The van der Waals surface area contributed by atoms with Crippen LogP contribution in [0.4, 0.5) is 0 Å². The predicted octanol–water partition coefficient (Wildman–Crippen LogP) is 3.63. The van der Waals surface area contributed by atoms with Crippen LogP contribution in [0.25, 0.3) is 0 Å². The lowest BCUT2D eigenvalue weighted by atomic mass is 10.1. The Morgan fingerprint density at radius 2 is 1.50 bits per heavy atom. The Bertz CT molecular complexity index is 771. The highest BCUT2D eigenvalue weighted by molar-refractivity contribution is 6.99. The zero-order valence-electron chi connectivity index (χ0n) is 18.5. The minimum Gasteiger partial charge on any atom is -0.397 e. The molecular weight excluding hydrogens is 392 g/mol. The monoisotopic (exact) mass is 426 g/mol. The molecule has 2 atom stereocenters. The fraction of sp³-hybridized carbons (Fsp3) is 0.440. The van der Waals surface area contributed by atoms with E-state index in [9.17, 15) is 5.11 Å². The third kappa shape index (κ3) is 4.76. The maximum atomic E-state index is 11.1. The van der Waals surface area contributed by atoms with E-state index in [1.165, 1.54) is 0 Å². The summed E-state index contributed by atoms with van der Waals surface area (Å²) < 4.78 is 18.8. The fourth-order valence-corrected chi connectivity index (χ4v) is 8.94. The quantitative estimate of drug-likeness (QED) is 0.517. The van der Waals surface area contributed by atoms with Gasteiger partial charge in [-0.1, -0.05) is 87.0 Å². The first-order valence-electron chi connectivity index (χ1n) is 10.6. The molecule has 2 aromatic carbocycles. The van der Waals surface area contributed by atoms with Crippen molar-refractivity contribution in [3.8, 4) is 0 Å². The van der Waals surface area contributed by atoms with Crippen LogP contribution in [0.5, 0.6) is 0 Å². The molecule has 1 aliphatic heterocycles. The van der Waals surface area contributed by atoms with E-state index in [-0.39, 0.29) is 5.04 Å². The minimum atomic E-state index is -2.84. The van der Waals surface area contributed by atoms with Crippen molar-refractivity contribution in [1.29, 1.82) is 0 Å². The van der Waals surface area contributed by atoms with Crippen molar-refractivity contribution in [1.82, 2.24) is 0 Å². The van der Waals surface area contributed by atoms with Crippen molar-refractivity contribution in [3.05, 3.63) is 72.8 Å². The van der Waals surface area contributed by atoms with Crippen molar-refractivity contribution < 1.29 is 19.0 Å². The predicted molar refractivity (Wildman–Crippen MR) is 124 cm³/mol. The molecule has 0 unspecified atom stereocenters. The number of hydrogen-bond donors (Lipinski definition) is 1. The van der Waals surface area contributed by atoms with Crippen LogP contribution in [0.1, 0.15) is 34.1 Å². The van der Waals surface area contributed by atoms with E-state index in [2.05, 4.69) is 75.9 Å². The van der Waals surface area contributed by atoms with Crippen LogP contribution in [0.3, 0.4) is 0 Å². The molecule has 1 heterocycles. The molecule has 1 N–H and O–H groups in total. The van der Waals surface area contributed by atoms with E-state index in [1.807, 2.05) is 19.1 Å². The Labute approximate surface area is 181 Å². The van der Waals surface area contributed by atoms with Crippen LogP contribution < -0.4 is 10.4 Å². The summed E-state index contributed by atoms with van der Waals surface area (Å²) in [6.45, 7) is 13.6. The van der Waals surface area contributed by atoms with Gasteiger partial charge in [0.15, 0.2) is 6.29 Å². The second-order valence-corrected chi connectivity index (χ2v) is 13.3. The van der Waals surface area contributed by atoms with Gasteiger partial charge in [0, 0.05) is 0 Å². The SMILES string of the molecule is C=C(C)C[C@H](O)[C@H](O[Si](c1ccccc1)(c1ccccc1)C(C)(C)C)C1OCCO1. The average Bonchev–Trinajstić information content (AvgIpc) is 3.23. The maximum absolute atomic E-state index is 11.1. The van der Waals surface area contributed by atoms with Gasteiger partial charge in [-0.15, -0.1) is 6.58 Å². The molecule has 0 saturated carbocycles. The summed E-state index contributed by atoms with van der Waals surface area (Å²) in [6, 6.07) is 20.8. The average molecular weight is 427 g/mol. The van der Waals surface area contributed by atoms with Gasteiger partial charge >= 0.3 is 0 Å². The van der Waals surface area contributed by atoms with Gasteiger partial charge in [0.2, 0.25) is 0 Å². The molecule has 1 saturated heterocycles. The van der Waals surface area contributed by atoms with Gasteiger partial charge in [0.1, 0.15) is 6.10 Å². The smallest absolute Gasteiger partial charge is 0.261 e. The summed E-state index contributed by atoms with van der Waals surface area (Å²) in [6.07, 6.45) is -1.55. The van der Waals surface area contributed by atoms with Gasteiger partial charge in [0.05, 0.1) is 19.3 Å². The molecule has 1 aliphatic rings. The second-order valence-electron chi connectivity index (χ2n) is 9.08. The van der Waals surface area contributed by atoms with Crippen LogP contribution in [-0.4, -0.2) is 45.1 Å². The summed E-state index contributed by atoms with van der Waals surface area (Å²) in [4.78, 5) is 0. The maximum Gasteiger partial charge on any atom is 0.261 e. The van der Waals surface area contributed by atoms with Crippen molar-refractivity contribution in [2.24, 2.45) is 0 Å². The highest BCUT2D eigenvalue weighted by atomic mass is 28.4. The molecule has 5 heteroatoms. The molecule has 162 valence electrons. The molecule has 0 bridgehead atoms. The molecular formula is C25H34O4Si. The van der Waals surface area contributed by atoms with Crippen LogP contribution in [-0.2, 0) is 13.9 Å². The van der Waals surface area contributed by atoms with Crippen molar-refractivity contribution >= 4 is 18.7 Å². The zero-order valence-corrected chi connectivity index (χ0v) is 19.5. The molecule has 0 spiro atoms. The van der Waals surface area contributed by atoms with E-state index >= 15 is 0 Å². The van der Waals surface area contributed by atoms with Gasteiger partial charge in [-0.05, 0) is 28.8 Å². The van der Waals surface area contributed by atoms with Gasteiger partial charge in [-0.3, -0.25) is 0 Å². The summed E-state index contributed by atoms with van der Waals surface area (Å²) >= 11 is 0. The summed E-state index contributed by atoms with van der Waals surface area (Å²) in [5, 5.41) is 13.3. The first-order chi connectivity index (χ1) is 14.3. The van der Waals surface area contributed by atoms with Gasteiger partial charge in [-0.25, -0.2) is 0 Å². The number of benzene rings is 2. The van der Waals surface area contributed by atoms with E-state index in [0.29, 0.717) is 19.6 Å². The number of aliphatic hydroxyl groups is 1. The van der Waals surface area contributed by atoms with Crippen molar-refractivity contribution in [3.63, 3.8) is 0 Å². The van der Waals surface area contributed by atoms with Crippen LogP contribution in [0, 0.1) is 0 Å². The Balaban J connectivity index is 2.16. The Kier molecular flexibility index (Phi) is 7.32. The summed E-state index contributed by atoms with van der Waals surface area (Å²) in [5.41, 5.74) is 0.900. The van der Waals surface area contributed by atoms with Gasteiger partial charge < -0.3 is 19.0 Å². The van der Waals surface area contributed by atoms with Crippen LogP contribution in [0.2, 0.25) is 5.04 Å². The molecule has 0 radical (unpaired) electrons. The minimum absolute atomic E-state index is 0.199. The Morgan fingerprint density at radius 1 is 1.03 bits per heavy atom. The molecule has 0 aliphatic carbocycles. The molecule has 2 aromatic rings. The standard InChI is InChI=1S/C25H34O4Si/c1-19(2)18-22(26)23(24-27-16-17-28-24)29-30(25(3,4)5,20-12-8-6-9-13-20)21-14-10-7-11-15-21/h6-15,22-24,26H,1,16-18H2,2-5H3/t22-,23-/m0/s1. The number of hydrogen-bond acceptors (Lipinski definition) is 4. The fourth-order valence-electron chi connectivity index (χ4n) is 4.25. The third-order valence-corrected chi connectivity index (χ3v) is 10.6. The van der Waals surface area contributed by atoms with E-state index in [0.717, 1.165) is 15.9 Å². The Hall–Kier alpha value is -1.76. The van der Waals surface area contributed by atoms with Crippen molar-refractivity contribution in [2.75, 3.05) is 13.2 Å². The van der Waals surface area contributed by atoms with Gasteiger partial charge in [0.25, 0.3) is 8.32 Å². The van der Waals surface area contributed by atoms with Crippen LogP contribution >= 0.6 is 0 Å². The van der Waals surface area contributed by atoms with Gasteiger partial charge in [-0.2, -0.15) is 0 Å². The number of ether oxygens (including phenoxy) is 2. The Morgan fingerprint density at radius 3 is 1.90 bits per heavy atom. The molecule has 4 nitrogen and oxygen atoms in total. The normalized spacial score (nSPS) is 17.6. The van der Waals surface area contributed by atoms with Crippen LogP contribution in [0.15, 0.2) is 72.8 Å². The molecule has 3 rings (SSSR count).